The summed E-state index contributed by atoms with van der Waals surface area (Å²) in [5.74, 6) is -2.07. The van der Waals surface area contributed by atoms with Gasteiger partial charge in [-0.2, -0.15) is 0 Å². The van der Waals surface area contributed by atoms with Crippen molar-refractivity contribution in [1.29, 1.82) is 0 Å². The van der Waals surface area contributed by atoms with Crippen molar-refractivity contribution in [3.8, 4) is 40.1 Å². The number of aromatic hydroxyl groups is 5. The Morgan fingerprint density at radius 2 is 1.38 bits per heavy atom. The average molecular weight is 507 g/mol. The van der Waals surface area contributed by atoms with Gasteiger partial charge in [-0.05, 0) is 66.4 Å². The monoisotopic (exact) mass is 506 g/mol. The van der Waals surface area contributed by atoms with E-state index in [9.17, 15) is 30.3 Å². The Hall–Kier alpha value is -4.13. The molecular formula is C30H34O7. The number of rotatable bonds is 8. The van der Waals surface area contributed by atoms with E-state index in [4.69, 9.17) is 4.42 Å². The van der Waals surface area contributed by atoms with Crippen LogP contribution in [0.5, 0.6) is 28.7 Å². The molecule has 0 aliphatic carbocycles. The van der Waals surface area contributed by atoms with Crippen LogP contribution >= 0.6 is 0 Å². The molecule has 1 aromatic heterocycles. The van der Waals surface area contributed by atoms with Crippen LogP contribution in [0, 0.1) is 0 Å². The van der Waals surface area contributed by atoms with Crippen LogP contribution in [0.3, 0.4) is 0 Å². The molecule has 0 spiro atoms. The molecule has 5 N–H and O–H groups in total. The van der Waals surface area contributed by atoms with Crippen LogP contribution in [-0.4, -0.2) is 25.5 Å². The van der Waals surface area contributed by atoms with Crippen LogP contribution in [-0.2, 0) is 12.8 Å². The number of hydrogen-bond acceptors (Lipinski definition) is 7. The molecule has 0 bridgehead atoms. The van der Waals surface area contributed by atoms with Crippen LogP contribution in [0.4, 0.5) is 0 Å². The van der Waals surface area contributed by atoms with Crippen molar-refractivity contribution in [3.63, 3.8) is 0 Å². The SMILES string of the molecule is CC(C)=CCC/C(C)=C/Cc1c(-c2cc(O)c(O)cc2O)oc2cc(O)c(CC=C(C)C)c(O)c2c1=O. The molecule has 2 aromatic carbocycles. The molecular weight excluding hydrogens is 472 g/mol. The minimum atomic E-state index is -0.528. The first-order valence-electron chi connectivity index (χ1n) is 12.1. The van der Waals surface area contributed by atoms with Gasteiger partial charge in [-0.1, -0.05) is 34.9 Å². The maximum Gasteiger partial charge on any atom is 0.200 e. The third-order valence-corrected chi connectivity index (χ3v) is 6.13. The Morgan fingerprint density at radius 1 is 0.757 bits per heavy atom. The van der Waals surface area contributed by atoms with Crippen molar-refractivity contribution >= 4 is 11.0 Å². The highest BCUT2D eigenvalue weighted by atomic mass is 16.3. The number of allylic oxidation sites excluding steroid dienone is 6. The van der Waals surface area contributed by atoms with Gasteiger partial charge in [0, 0.05) is 23.3 Å². The molecule has 0 aliphatic rings. The summed E-state index contributed by atoms with van der Waals surface area (Å²) in [5.41, 5.74) is 3.01. The lowest BCUT2D eigenvalue weighted by Gasteiger charge is -2.14. The maximum absolute atomic E-state index is 13.8. The molecule has 0 atom stereocenters. The van der Waals surface area contributed by atoms with Crippen molar-refractivity contribution in [1.82, 2.24) is 0 Å². The van der Waals surface area contributed by atoms with Crippen molar-refractivity contribution in [2.75, 3.05) is 0 Å². The first-order valence-corrected chi connectivity index (χ1v) is 12.1. The van der Waals surface area contributed by atoms with Gasteiger partial charge in [0.15, 0.2) is 11.5 Å². The quantitative estimate of drug-likeness (QED) is 0.130. The summed E-state index contributed by atoms with van der Waals surface area (Å²) >= 11 is 0. The van der Waals surface area contributed by atoms with Crippen molar-refractivity contribution in [3.05, 3.63) is 74.5 Å². The molecule has 7 heteroatoms. The van der Waals surface area contributed by atoms with E-state index in [-0.39, 0.29) is 57.8 Å². The Bertz CT molecular complexity index is 1480. The summed E-state index contributed by atoms with van der Waals surface area (Å²) in [6.07, 6.45) is 7.85. The molecule has 196 valence electrons. The highest BCUT2D eigenvalue weighted by Gasteiger charge is 2.24. The fourth-order valence-corrected chi connectivity index (χ4v) is 4.02. The number of phenols is 5. The van der Waals surface area contributed by atoms with Gasteiger partial charge in [-0.15, -0.1) is 0 Å². The maximum atomic E-state index is 13.8. The number of phenolic OH excluding ortho intramolecular Hbond substituents is 5. The molecule has 0 fully saturated rings. The van der Waals surface area contributed by atoms with Crippen LogP contribution in [0.25, 0.3) is 22.3 Å². The Labute approximate surface area is 216 Å². The molecule has 0 radical (unpaired) electrons. The van der Waals surface area contributed by atoms with E-state index in [0.29, 0.717) is 0 Å². The Kier molecular flexibility index (Phi) is 8.38. The van der Waals surface area contributed by atoms with Gasteiger partial charge in [0.25, 0.3) is 0 Å². The molecule has 3 rings (SSSR count). The smallest absolute Gasteiger partial charge is 0.200 e. The molecule has 7 nitrogen and oxygen atoms in total. The second kappa shape index (κ2) is 11.3. The van der Waals surface area contributed by atoms with Crippen LogP contribution in [0.1, 0.15) is 58.6 Å². The Balaban J connectivity index is 2.27. The van der Waals surface area contributed by atoms with Gasteiger partial charge in [-0.3, -0.25) is 4.79 Å². The molecule has 0 saturated heterocycles. The molecule has 37 heavy (non-hydrogen) atoms. The normalized spacial score (nSPS) is 11.5. The lowest BCUT2D eigenvalue weighted by Crippen LogP contribution is -2.12. The molecule has 0 saturated carbocycles. The van der Waals surface area contributed by atoms with E-state index in [1.54, 1.807) is 0 Å². The second-order valence-corrected chi connectivity index (χ2v) is 9.75. The van der Waals surface area contributed by atoms with E-state index in [1.807, 2.05) is 46.8 Å². The van der Waals surface area contributed by atoms with E-state index in [1.165, 1.54) is 11.6 Å². The molecule has 1 heterocycles. The summed E-state index contributed by atoms with van der Waals surface area (Å²) in [4.78, 5) is 13.8. The van der Waals surface area contributed by atoms with Gasteiger partial charge in [0.2, 0.25) is 5.43 Å². The minimum absolute atomic E-state index is 0.00695. The molecule has 0 unspecified atom stereocenters. The third-order valence-electron chi connectivity index (χ3n) is 6.13. The average Bonchev–Trinajstić information content (AvgIpc) is 2.79. The fraction of sp³-hybridized carbons (Fsp3) is 0.300. The standard InChI is InChI=1S/C30H34O7/c1-16(2)7-6-8-18(5)10-12-20-29(36)27-26(15-23(32)19(28(27)35)11-9-17(3)4)37-30(20)21-13-24(33)25(34)14-22(21)31/h7,9-10,13-15,31-35H,6,8,11-12H2,1-5H3/b18-10+. The van der Waals surface area contributed by atoms with E-state index in [0.717, 1.165) is 36.1 Å². The summed E-state index contributed by atoms with van der Waals surface area (Å²) in [6.45, 7) is 9.79. The van der Waals surface area contributed by atoms with Crippen molar-refractivity contribution < 1.29 is 29.9 Å². The summed E-state index contributed by atoms with van der Waals surface area (Å²) in [7, 11) is 0. The van der Waals surface area contributed by atoms with Gasteiger partial charge < -0.3 is 29.9 Å². The first-order chi connectivity index (χ1) is 17.4. The number of hydrogen-bond donors (Lipinski definition) is 5. The Morgan fingerprint density at radius 3 is 2.03 bits per heavy atom. The van der Waals surface area contributed by atoms with Crippen LogP contribution in [0.2, 0.25) is 0 Å². The summed E-state index contributed by atoms with van der Waals surface area (Å²) in [5, 5.41) is 51.8. The van der Waals surface area contributed by atoms with Crippen molar-refractivity contribution in [2.24, 2.45) is 0 Å². The largest absolute Gasteiger partial charge is 0.507 e. The predicted molar refractivity (Wildman–Crippen MR) is 146 cm³/mol. The topological polar surface area (TPSA) is 131 Å². The zero-order chi connectivity index (χ0) is 27.4. The first kappa shape index (κ1) is 27.5. The minimum Gasteiger partial charge on any atom is -0.507 e. The van der Waals surface area contributed by atoms with E-state index >= 15 is 0 Å². The summed E-state index contributed by atoms with van der Waals surface area (Å²) in [6, 6.07) is 3.32. The second-order valence-electron chi connectivity index (χ2n) is 9.75. The van der Waals surface area contributed by atoms with Gasteiger partial charge >= 0.3 is 0 Å². The van der Waals surface area contributed by atoms with E-state index in [2.05, 4.69) is 6.08 Å². The zero-order valence-corrected chi connectivity index (χ0v) is 21.8. The molecule has 0 amide bonds. The van der Waals surface area contributed by atoms with Crippen LogP contribution < -0.4 is 5.43 Å². The van der Waals surface area contributed by atoms with E-state index < -0.39 is 22.7 Å². The van der Waals surface area contributed by atoms with Crippen LogP contribution in [0.15, 0.2) is 62.4 Å². The lowest BCUT2D eigenvalue weighted by molar-refractivity contribution is 0.396. The fourth-order valence-electron chi connectivity index (χ4n) is 4.02. The number of fused-ring (bicyclic) bond motifs is 1. The highest BCUT2D eigenvalue weighted by Crippen LogP contribution is 2.42. The third kappa shape index (κ3) is 6.17. The van der Waals surface area contributed by atoms with Crippen molar-refractivity contribution in [2.45, 2.75) is 60.3 Å². The van der Waals surface area contributed by atoms with Gasteiger partial charge in [-0.25, -0.2) is 0 Å². The lowest BCUT2D eigenvalue weighted by atomic mass is 9.97. The van der Waals surface area contributed by atoms with Gasteiger partial charge in [0.1, 0.15) is 34.0 Å². The molecule has 3 aromatic rings. The predicted octanol–water partition coefficient (Wildman–Crippen LogP) is 6.73. The summed E-state index contributed by atoms with van der Waals surface area (Å²) < 4.78 is 6.00. The highest BCUT2D eigenvalue weighted by molar-refractivity contribution is 5.89. The zero-order valence-electron chi connectivity index (χ0n) is 21.8. The molecule has 0 aliphatic heterocycles. The van der Waals surface area contributed by atoms with Gasteiger partial charge in [0.05, 0.1) is 5.56 Å². The number of benzene rings is 2.